The van der Waals surface area contributed by atoms with Crippen molar-refractivity contribution in [2.24, 2.45) is 0 Å². The number of benzene rings is 2. The Morgan fingerprint density at radius 1 is 1.10 bits per heavy atom. The van der Waals surface area contributed by atoms with E-state index < -0.39 is 0 Å². The fraction of sp³-hybridized carbons (Fsp3) is 0.294. The van der Waals surface area contributed by atoms with E-state index in [9.17, 15) is 5.11 Å². The van der Waals surface area contributed by atoms with Crippen molar-refractivity contribution in [2.45, 2.75) is 32.2 Å². The molecule has 0 aromatic heterocycles. The van der Waals surface area contributed by atoms with Crippen LogP contribution >= 0.6 is 11.6 Å². The fourth-order valence-corrected chi connectivity index (χ4v) is 3.35. The molecule has 1 aliphatic carbocycles. The van der Waals surface area contributed by atoms with Crippen LogP contribution in [0.15, 0.2) is 36.4 Å². The molecule has 0 saturated heterocycles. The van der Waals surface area contributed by atoms with Gasteiger partial charge in [-0.1, -0.05) is 24.6 Å². The number of hydrogen-bond acceptors (Lipinski definition) is 2. The summed E-state index contributed by atoms with van der Waals surface area (Å²) in [7, 11) is 0. The van der Waals surface area contributed by atoms with E-state index in [-0.39, 0.29) is 6.04 Å². The second kappa shape index (κ2) is 5.02. The van der Waals surface area contributed by atoms with Crippen molar-refractivity contribution < 1.29 is 5.11 Å². The Bertz CT molecular complexity index is 636. The highest BCUT2D eigenvalue weighted by Gasteiger charge is 2.32. The lowest BCUT2D eigenvalue weighted by atomic mass is 9.97. The Kier molecular flexibility index (Phi) is 3.35. The van der Waals surface area contributed by atoms with Crippen molar-refractivity contribution >= 4 is 17.3 Å². The number of hydrogen-bond donors (Lipinski definition) is 2. The highest BCUT2D eigenvalue weighted by atomic mass is 35.5. The normalized spacial score (nSPS) is 20.8. The molecule has 20 heavy (non-hydrogen) atoms. The predicted molar refractivity (Wildman–Crippen MR) is 83.7 cm³/mol. The molecule has 0 heterocycles. The van der Waals surface area contributed by atoms with E-state index >= 15 is 0 Å². The van der Waals surface area contributed by atoms with Gasteiger partial charge < -0.3 is 10.4 Å². The molecule has 0 saturated carbocycles. The topological polar surface area (TPSA) is 32.3 Å². The minimum absolute atomic E-state index is 0.154. The summed E-state index contributed by atoms with van der Waals surface area (Å²) in [6.45, 7) is 4.33. The van der Waals surface area contributed by atoms with Crippen molar-refractivity contribution in [1.82, 2.24) is 0 Å². The second-order valence-corrected chi connectivity index (χ2v) is 6.01. The van der Waals surface area contributed by atoms with Gasteiger partial charge in [0.15, 0.2) is 0 Å². The first-order valence-electron chi connectivity index (χ1n) is 6.90. The van der Waals surface area contributed by atoms with Gasteiger partial charge in [0.2, 0.25) is 0 Å². The van der Waals surface area contributed by atoms with Crippen LogP contribution in [0.4, 0.5) is 5.69 Å². The van der Waals surface area contributed by atoms with Crippen LogP contribution in [0.2, 0.25) is 5.02 Å². The van der Waals surface area contributed by atoms with Gasteiger partial charge in [-0.05, 0) is 60.7 Å². The summed E-state index contributed by atoms with van der Waals surface area (Å²) in [6.07, 6.45) is 0.996. The highest BCUT2D eigenvalue weighted by molar-refractivity contribution is 6.30. The maximum atomic E-state index is 10.2. The van der Waals surface area contributed by atoms with Crippen LogP contribution in [0.5, 0.6) is 5.75 Å². The summed E-state index contributed by atoms with van der Waals surface area (Å²) in [5, 5.41) is 14.4. The average molecular weight is 288 g/mol. The van der Waals surface area contributed by atoms with E-state index in [1.807, 2.05) is 30.3 Å². The van der Waals surface area contributed by atoms with Crippen LogP contribution < -0.4 is 5.32 Å². The van der Waals surface area contributed by atoms with Crippen molar-refractivity contribution in [2.75, 3.05) is 5.32 Å². The third-order valence-corrected chi connectivity index (χ3v) is 4.35. The molecule has 0 spiro atoms. The van der Waals surface area contributed by atoms with E-state index in [1.165, 1.54) is 11.1 Å². The minimum atomic E-state index is 0.154. The molecular weight excluding hydrogens is 270 g/mol. The Balaban J connectivity index is 1.95. The monoisotopic (exact) mass is 287 g/mol. The molecule has 0 fully saturated rings. The highest BCUT2D eigenvalue weighted by Crippen LogP contribution is 2.47. The zero-order valence-electron chi connectivity index (χ0n) is 11.7. The third-order valence-electron chi connectivity index (χ3n) is 4.10. The fourth-order valence-electron chi connectivity index (χ4n) is 3.22. The third kappa shape index (κ3) is 2.25. The van der Waals surface area contributed by atoms with E-state index in [4.69, 9.17) is 11.6 Å². The minimum Gasteiger partial charge on any atom is -0.508 e. The first kappa shape index (κ1) is 13.3. The van der Waals surface area contributed by atoms with Crippen LogP contribution in [-0.4, -0.2) is 5.11 Å². The molecule has 3 rings (SSSR count). The van der Waals surface area contributed by atoms with Crippen molar-refractivity contribution in [3.63, 3.8) is 0 Å². The van der Waals surface area contributed by atoms with Crippen LogP contribution in [0.3, 0.4) is 0 Å². The largest absolute Gasteiger partial charge is 0.508 e. The van der Waals surface area contributed by atoms with Crippen LogP contribution in [0.1, 0.15) is 42.0 Å². The molecule has 2 nitrogen and oxygen atoms in total. The number of nitrogens with one attached hydrogen (secondary N) is 1. The van der Waals surface area contributed by atoms with Gasteiger partial charge in [-0.3, -0.25) is 0 Å². The van der Waals surface area contributed by atoms with E-state index in [1.54, 1.807) is 6.07 Å². The Morgan fingerprint density at radius 3 is 2.50 bits per heavy atom. The lowest BCUT2D eigenvalue weighted by Crippen LogP contribution is -2.07. The quantitative estimate of drug-likeness (QED) is 0.813. The zero-order chi connectivity index (χ0) is 14.3. The van der Waals surface area contributed by atoms with Gasteiger partial charge in [0, 0.05) is 16.3 Å². The standard InChI is InChI=1S/C17H18ClNO/c1-10-3-8-15(20)17-14(9-11(2)16(10)17)19-13-6-4-12(18)5-7-13/h3-8,11,14,19-20H,9H2,1-2H3. The zero-order valence-corrected chi connectivity index (χ0v) is 12.4. The van der Waals surface area contributed by atoms with Crippen LogP contribution in [-0.2, 0) is 0 Å². The first-order chi connectivity index (χ1) is 9.56. The molecule has 0 bridgehead atoms. The van der Waals surface area contributed by atoms with Crippen LogP contribution in [0.25, 0.3) is 0 Å². The molecule has 2 aromatic rings. The van der Waals surface area contributed by atoms with Gasteiger partial charge in [-0.25, -0.2) is 0 Å². The second-order valence-electron chi connectivity index (χ2n) is 5.57. The summed E-state index contributed by atoms with van der Waals surface area (Å²) in [6, 6.07) is 11.6. The molecule has 2 unspecified atom stereocenters. The summed E-state index contributed by atoms with van der Waals surface area (Å²) in [4.78, 5) is 0. The first-order valence-corrected chi connectivity index (χ1v) is 7.28. The van der Waals surface area contributed by atoms with Gasteiger partial charge in [0.1, 0.15) is 5.75 Å². The van der Waals surface area contributed by atoms with E-state index in [2.05, 4.69) is 19.2 Å². The van der Waals surface area contributed by atoms with E-state index in [0.29, 0.717) is 11.7 Å². The van der Waals surface area contributed by atoms with Gasteiger partial charge in [0.25, 0.3) is 0 Å². The molecule has 2 N–H and O–H groups in total. The number of aromatic hydroxyl groups is 1. The van der Waals surface area contributed by atoms with Crippen LogP contribution in [0, 0.1) is 6.92 Å². The predicted octanol–water partition coefficient (Wildman–Crippen LogP) is 5.01. The average Bonchev–Trinajstić information content (AvgIpc) is 2.75. The van der Waals surface area contributed by atoms with Gasteiger partial charge >= 0.3 is 0 Å². The maximum absolute atomic E-state index is 10.2. The molecule has 1 aliphatic rings. The Morgan fingerprint density at radius 2 is 1.80 bits per heavy atom. The van der Waals surface area contributed by atoms with Gasteiger partial charge in [-0.15, -0.1) is 0 Å². The van der Waals surface area contributed by atoms with Gasteiger partial charge in [0.05, 0.1) is 6.04 Å². The number of phenolic OH excluding ortho intramolecular Hbond substituents is 1. The lowest BCUT2D eigenvalue weighted by molar-refractivity contribution is 0.465. The molecule has 3 heteroatoms. The molecule has 0 radical (unpaired) electrons. The summed E-state index contributed by atoms with van der Waals surface area (Å²) in [5.41, 5.74) is 4.62. The van der Waals surface area contributed by atoms with Crippen molar-refractivity contribution in [1.29, 1.82) is 0 Å². The Labute approximate surface area is 124 Å². The number of phenols is 1. The lowest BCUT2D eigenvalue weighted by Gasteiger charge is -2.17. The van der Waals surface area contributed by atoms with E-state index in [0.717, 1.165) is 22.7 Å². The molecule has 2 atom stereocenters. The molecule has 0 amide bonds. The summed E-state index contributed by atoms with van der Waals surface area (Å²) in [5.74, 6) is 0.850. The van der Waals surface area contributed by atoms with Crippen molar-refractivity contribution in [3.05, 3.63) is 58.1 Å². The number of rotatable bonds is 2. The number of anilines is 1. The smallest absolute Gasteiger partial charge is 0.121 e. The molecule has 0 aliphatic heterocycles. The number of halogens is 1. The maximum Gasteiger partial charge on any atom is 0.121 e. The SMILES string of the molecule is Cc1ccc(O)c2c1C(C)CC2Nc1ccc(Cl)cc1. The summed E-state index contributed by atoms with van der Waals surface area (Å²) >= 11 is 5.91. The molecular formula is C17H18ClNO. The molecule has 2 aromatic carbocycles. The number of aryl methyl sites for hydroxylation is 1. The Hall–Kier alpha value is -1.67. The van der Waals surface area contributed by atoms with Gasteiger partial charge in [-0.2, -0.15) is 0 Å². The number of fused-ring (bicyclic) bond motifs is 1. The van der Waals surface area contributed by atoms with Crippen molar-refractivity contribution in [3.8, 4) is 5.75 Å². The molecule has 104 valence electrons. The summed E-state index contributed by atoms with van der Waals surface area (Å²) < 4.78 is 0.